The summed E-state index contributed by atoms with van der Waals surface area (Å²) >= 11 is 0. The summed E-state index contributed by atoms with van der Waals surface area (Å²) in [5, 5.41) is 10.6. The number of hydrogen-bond donors (Lipinski definition) is 2. The van der Waals surface area contributed by atoms with Crippen molar-refractivity contribution in [2.75, 3.05) is 6.54 Å². The molecule has 3 heteroatoms. The van der Waals surface area contributed by atoms with Crippen molar-refractivity contribution < 1.29 is 0 Å². The highest BCUT2D eigenvalue weighted by atomic mass is 14.9. The van der Waals surface area contributed by atoms with Gasteiger partial charge in [0.25, 0.3) is 0 Å². The molecule has 0 amide bonds. The van der Waals surface area contributed by atoms with Crippen molar-refractivity contribution in [3.8, 4) is 6.19 Å². The Hall–Kier alpha value is -0.750. The van der Waals surface area contributed by atoms with Crippen molar-refractivity contribution in [2.45, 2.75) is 25.8 Å². The molecule has 3 nitrogen and oxygen atoms in total. The van der Waals surface area contributed by atoms with E-state index in [4.69, 9.17) is 11.0 Å². The normalized spacial score (nSPS) is 10.4. The van der Waals surface area contributed by atoms with Gasteiger partial charge in [-0.3, -0.25) is 0 Å². The Balaban J connectivity index is 3.20. The van der Waals surface area contributed by atoms with Gasteiger partial charge in [-0.2, -0.15) is 5.26 Å². The summed E-state index contributed by atoms with van der Waals surface area (Å²) in [6.45, 7) is 4.54. The van der Waals surface area contributed by atoms with E-state index >= 15 is 0 Å². The van der Waals surface area contributed by atoms with Gasteiger partial charge in [0.1, 0.15) is 0 Å². The monoisotopic (exact) mass is 127 g/mol. The van der Waals surface area contributed by atoms with Gasteiger partial charge in [0.05, 0.1) is 0 Å². The minimum absolute atomic E-state index is 0.163. The van der Waals surface area contributed by atoms with Gasteiger partial charge >= 0.3 is 0 Å². The lowest BCUT2D eigenvalue weighted by Gasteiger charge is -2.16. The van der Waals surface area contributed by atoms with Crippen LogP contribution in [0.25, 0.3) is 0 Å². The lowest BCUT2D eigenvalue weighted by Crippen LogP contribution is -2.34. The van der Waals surface area contributed by atoms with Crippen molar-refractivity contribution in [1.82, 2.24) is 5.32 Å². The van der Waals surface area contributed by atoms with E-state index in [1.165, 1.54) is 0 Å². The van der Waals surface area contributed by atoms with Gasteiger partial charge in [-0.05, 0) is 20.3 Å². The van der Waals surface area contributed by atoms with Gasteiger partial charge in [-0.25, -0.2) is 0 Å². The van der Waals surface area contributed by atoms with Crippen molar-refractivity contribution in [1.29, 1.82) is 5.26 Å². The van der Waals surface area contributed by atoms with Gasteiger partial charge < -0.3 is 11.1 Å². The number of nitrogens with zero attached hydrogens (tertiary/aromatic N) is 1. The summed E-state index contributed by atoms with van der Waals surface area (Å²) in [6.07, 6.45) is 2.65. The molecule has 0 saturated carbocycles. The average molecular weight is 127 g/mol. The van der Waals surface area contributed by atoms with E-state index in [0.29, 0.717) is 6.54 Å². The van der Waals surface area contributed by atoms with Crippen LogP contribution in [0.1, 0.15) is 20.3 Å². The summed E-state index contributed by atoms with van der Waals surface area (Å²) in [6, 6.07) is 0. The summed E-state index contributed by atoms with van der Waals surface area (Å²) in [5.41, 5.74) is 5.46. The lowest BCUT2D eigenvalue weighted by molar-refractivity contribution is 0.472. The Morgan fingerprint density at radius 2 is 2.22 bits per heavy atom. The fourth-order valence-electron chi connectivity index (χ4n) is 0.441. The van der Waals surface area contributed by atoms with Crippen molar-refractivity contribution in [3.05, 3.63) is 0 Å². The van der Waals surface area contributed by atoms with Crippen LogP contribution in [0.4, 0.5) is 0 Å². The first-order valence-electron chi connectivity index (χ1n) is 2.97. The van der Waals surface area contributed by atoms with Gasteiger partial charge in [-0.1, -0.05) is 0 Å². The van der Waals surface area contributed by atoms with Crippen molar-refractivity contribution in [2.24, 2.45) is 5.73 Å². The van der Waals surface area contributed by atoms with Crippen molar-refractivity contribution in [3.63, 3.8) is 0 Å². The van der Waals surface area contributed by atoms with Crippen LogP contribution in [0.2, 0.25) is 0 Å². The number of nitriles is 1. The molecule has 0 aromatic rings. The number of hydrogen-bond acceptors (Lipinski definition) is 3. The second kappa shape index (κ2) is 3.31. The van der Waals surface area contributed by atoms with Crippen molar-refractivity contribution >= 4 is 0 Å². The molecule has 0 aliphatic heterocycles. The molecule has 0 spiro atoms. The molecule has 9 heavy (non-hydrogen) atoms. The molecule has 3 N–H and O–H groups in total. The predicted octanol–water partition coefficient (Wildman–Crippen LogP) is 0.184. The first kappa shape index (κ1) is 8.25. The minimum Gasteiger partial charge on any atom is -0.325 e. The van der Waals surface area contributed by atoms with E-state index in [0.717, 1.165) is 6.42 Å². The molecule has 52 valence electrons. The highest BCUT2D eigenvalue weighted by Gasteiger charge is 2.08. The molecule has 0 unspecified atom stereocenters. The molecule has 0 saturated heterocycles. The Bertz CT molecular complexity index is 106. The van der Waals surface area contributed by atoms with Crippen LogP contribution in [0, 0.1) is 11.5 Å². The third-order valence-corrected chi connectivity index (χ3v) is 0.973. The van der Waals surface area contributed by atoms with E-state index in [9.17, 15) is 0 Å². The Kier molecular flexibility index (Phi) is 3.03. The van der Waals surface area contributed by atoms with Crippen LogP contribution in [-0.4, -0.2) is 12.1 Å². The third-order valence-electron chi connectivity index (χ3n) is 0.973. The lowest BCUT2D eigenvalue weighted by atomic mass is 10.0. The molecule has 0 fully saturated rings. The summed E-state index contributed by atoms with van der Waals surface area (Å²) < 4.78 is 0. The molecule has 0 radical (unpaired) electrons. The Morgan fingerprint density at radius 3 is 2.56 bits per heavy atom. The maximum absolute atomic E-state index is 8.06. The molecule has 0 atom stereocenters. The zero-order valence-corrected chi connectivity index (χ0v) is 5.94. The summed E-state index contributed by atoms with van der Waals surface area (Å²) in [4.78, 5) is 0. The van der Waals surface area contributed by atoms with Crippen LogP contribution in [-0.2, 0) is 0 Å². The molecule has 0 aliphatic rings. The smallest absolute Gasteiger partial charge is 0.176 e. The second-order valence-corrected chi connectivity index (χ2v) is 2.78. The van der Waals surface area contributed by atoms with Gasteiger partial charge in [0.2, 0.25) is 0 Å². The topological polar surface area (TPSA) is 61.8 Å². The van der Waals surface area contributed by atoms with E-state index < -0.39 is 0 Å². The SMILES string of the molecule is CC(C)(N)CCNC#N. The number of nitrogens with two attached hydrogens (primary N) is 1. The highest BCUT2D eigenvalue weighted by Crippen LogP contribution is 2.00. The average Bonchev–Trinajstić information content (AvgIpc) is 1.63. The molecule has 0 aliphatic carbocycles. The quantitative estimate of drug-likeness (QED) is 0.323. The van der Waals surface area contributed by atoms with E-state index in [-0.39, 0.29) is 5.54 Å². The maximum Gasteiger partial charge on any atom is 0.176 e. The second-order valence-electron chi connectivity index (χ2n) is 2.78. The first-order valence-corrected chi connectivity index (χ1v) is 2.97. The molecule has 0 aromatic heterocycles. The molecule has 0 rings (SSSR count). The summed E-state index contributed by atoms with van der Waals surface area (Å²) in [7, 11) is 0. The largest absolute Gasteiger partial charge is 0.325 e. The zero-order chi connectivity index (χ0) is 7.33. The number of nitrogens with one attached hydrogen (secondary N) is 1. The maximum atomic E-state index is 8.06. The zero-order valence-electron chi connectivity index (χ0n) is 5.94. The van der Waals surface area contributed by atoms with Crippen LogP contribution in [0.5, 0.6) is 0 Å². The molecule has 0 heterocycles. The Labute approximate surface area is 55.8 Å². The fraction of sp³-hybridized carbons (Fsp3) is 0.833. The van der Waals surface area contributed by atoms with E-state index in [1.807, 2.05) is 20.0 Å². The summed E-state index contributed by atoms with van der Waals surface area (Å²) in [5.74, 6) is 0. The van der Waals surface area contributed by atoms with Gasteiger partial charge in [-0.15, -0.1) is 0 Å². The molecule has 0 bridgehead atoms. The fourth-order valence-corrected chi connectivity index (χ4v) is 0.441. The van der Waals surface area contributed by atoms with E-state index in [1.54, 1.807) is 0 Å². The standard InChI is InChI=1S/C6H13N3/c1-6(2,8)3-4-9-5-7/h9H,3-4,8H2,1-2H3. The number of rotatable bonds is 3. The van der Waals surface area contributed by atoms with Crippen LogP contribution >= 0.6 is 0 Å². The molecular formula is C6H13N3. The van der Waals surface area contributed by atoms with E-state index in [2.05, 4.69) is 5.32 Å². The van der Waals surface area contributed by atoms with Crippen LogP contribution in [0.3, 0.4) is 0 Å². The van der Waals surface area contributed by atoms with Crippen LogP contribution in [0.15, 0.2) is 0 Å². The first-order chi connectivity index (χ1) is 4.06. The predicted molar refractivity (Wildman–Crippen MR) is 36.5 cm³/mol. The minimum atomic E-state index is -0.163. The molecular weight excluding hydrogens is 114 g/mol. The molecule has 0 aromatic carbocycles. The third kappa shape index (κ3) is 7.25. The van der Waals surface area contributed by atoms with Gasteiger partial charge in [0, 0.05) is 12.1 Å². The van der Waals surface area contributed by atoms with Gasteiger partial charge in [0.15, 0.2) is 6.19 Å². The highest BCUT2D eigenvalue weighted by molar-refractivity contribution is 4.75. The Morgan fingerprint density at radius 1 is 1.67 bits per heavy atom. The van der Waals surface area contributed by atoms with Crippen LogP contribution < -0.4 is 11.1 Å².